The molecule has 2 amide bonds. The molecule has 6 rings (SSSR count). The van der Waals surface area contributed by atoms with Gasteiger partial charge in [-0.1, -0.05) is 34.1 Å². The summed E-state index contributed by atoms with van der Waals surface area (Å²) in [6.45, 7) is 25.5. The van der Waals surface area contributed by atoms with Crippen LogP contribution in [0.2, 0.25) is 0 Å². The van der Waals surface area contributed by atoms with E-state index in [1.165, 1.54) is 0 Å². The lowest BCUT2D eigenvalue weighted by Gasteiger charge is -2.35. The first-order chi connectivity index (χ1) is 25.2. The molecule has 2 aliphatic heterocycles. The van der Waals surface area contributed by atoms with Crippen LogP contribution >= 0.6 is 15.9 Å². The van der Waals surface area contributed by atoms with Gasteiger partial charge in [0.05, 0.1) is 6.57 Å². The molecule has 17 nitrogen and oxygen atoms in total. The number of hydrogen-bond donors (Lipinski definition) is 2. The van der Waals surface area contributed by atoms with Crippen LogP contribution in [0.4, 0.5) is 15.3 Å². The van der Waals surface area contributed by atoms with E-state index >= 15 is 0 Å². The van der Waals surface area contributed by atoms with Gasteiger partial charge in [-0.05, 0) is 81.3 Å². The van der Waals surface area contributed by atoms with Crippen molar-refractivity contribution >= 4 is 33.8 Å². The van der Waals surface area contributed by atoms with Crippen LogP contribution in [-0.4, -0.2) is 137 Å². The smallest absolute Gasteiger partial charge is 0.410 e. The maximum Gasteiger partial charge on any atom is 0.410 e. The van der Waals surface area contributed by atoms with Crippen LogP contribution in [0.5, 0.6) is 0 Å². The Balaban J connectivity index is 0.000000204. The normalized spacial score (nSPS) is 15.7. The minimum atomic E-state index is -0.488. The quantitative estimate of drug-likeness (QED) is 0.246. The van der Waals surface area contributed by atoms with Gasteiger partial charge in [-0.25, -0.2) is 14.4 Å². The number of benzene rings is 2. The topological polar surface area (TPSA) is 179 Å². The summed E-state index contributed by atoms with van der Waals surface area (Å²) in [4.78, 5) is 35.9. The van der Waals surface area contributed by atoms with Crippen molar-refractivity contribution in [3.05, 3.63) is 63.4 Å². The number of aromatic amines is 2. The number of ether oxygens (including phenoxy) is 2. The zero-order valence-corrected chi connectivity index (χ0v) is 32.6. The summed E-state index contributed by atoms with van der Waals surface area (Å²) in [6, 6.07) is 11.6. The summed E-state index contributed by atoms with van der Waals surface area (Å²) >= 11 is 3.50. The lowest BCUT2D eigenvalue weighted by atomic mass is 10.0. The van der Waals surface area contributed by atoms with E-state index in [0.29, 0.717) is 50.1 Å². The highest BCUT2D eigenvalue weighted by atomic mass is 79.9. The Labute approximate surface area is 317 Å². The monoisotopic (exact) mass is 791 g/mol. The van der Waals surface area contributed by atoms with Crippen molar-refractivity contribution in [1.82, 2.24) is 60.8 Å². The van der Waals surface area contributed by atoms with Crippen molar-refractivity contribution in [2.45, 2.75) is 65.8 Å². The van der Waals surface area contributed by atoms with Gasteiger partial charge in [-0.15, -0.1) is 20.4 Å². The van der Waals surface area contributed by atoms with E-state index in [-0.39, 0.29) is 12.2 Å². The van der Waals surface area contributed by atoms with Gasteiger partial charge in [-0.2, -0.15) is 10.4 Å². The molecule has 4 heterocycles. The first-order valence-corrected chi connectivity index (χ1v) is 18.1. The van der Waals surface area contributed by atoms with Crippen LogP contribution in [0.1, 0.15) is 52.7 Å². The number of amides is 2. The largest absolute Gasteiger partial charge is 0.444 e. The third kappa shape index (κ3) is 11.5. The third-order valence-corrected chi connectivity index (χ3v) is 8.80. The summed E-state index contributed by atoms with van der Waals surface area (Å²) in [7, 11) is 0. The fourth-order valence-corrected chi connectivity index (χ4v) is 6.10. The second kappa shape index (κ2) is 17.2. The standard InChI is InChI=1S/C18H23N7O2.C17H23BrN6O2/c1-18(2,3)27-17(26)25-9-7-24(8-10-25)12-13-5-6-14(19-4)11-15(13)16-20-22-23-21-16;1-17(2,3)26-16(25)24-8-6-23(7-9-24)11-12-4-5-13(18)10-14(12)15-19-21-22-20-15/h5-6,11H,7-10,12H2,1-3H3,(H,20,21,22,23);4-5,10H,6-9,11H2,1-3H3,(H,19,20,21,22). The molecule has 0 radical (unpaired) electrons. The van der Waals surface area contributed by atoms with Crippen LogP contribution in [0.3, 0.4) is 0 Å². The summed E-state index contributed by atoms with van der Waals surface area (Å²) < 4.78 is 11.9. The van der Waals surface area contributed by atoms with Gasteiger partial charge in [0, 0.05) is 81.0 Å². The van der Waals surface area contributed by atoms with Crippen LogP contribution in [-0.2, 0) is 22.6 Å². The molecule has 0 spiro atoms. The number of halogens is 1. The second-order valence-electron chi connectivity index (χ2n) is 14.7. The Hall–Kier alpha value is -4.99. The average molecular weight is 793 g/mol. The Bertz CT molecular complexity index is 1850. The number of hydrogen-bond acceptors (Lipinski definition) is 12. The van der Waals surface area contributed by atoms with Crippen molar-refractivity contribution in [2.75, 3.05) is 52.4 Å². The number of carbonyl (C=O) groups is 2. The van der Waals surface area contributed by atoms with E-state index in [0.717, 1.165) is 59.5 Å². The van der Waals surface area contributed by atoms with Crippen molar-refractivity contribution in [3.63, 3.8) is 0 Å². The molecule has 2 aliphatic rings. The minimum Gasteiger partial charge on any atom is -0.444 e. The zero-order valence-electron chi connectivity index (χ0n) is 31.0. The lowest BCUT2D eigenvalue weighted by Crippen LogP contribution is -2.49. The van der Waals surface area contributed by atoms with Crippen LogP contribution in [0.15, 0.2) is 40.9 Å². The predicted octanol–water partition coefficient (Wildman–Crippen LogP) is 5.15. The van der Waals surface area contributed by atoms with E-state index in [9.17, 15) is 9.59 Å². The molecule has 2 saturated heterocycles. The molecule has 0 atom stereocenters. The van der Waals surface area contributed by atoms with Gasteiger partial charge in [-0.3, -0.25) is 9.80 Å². The molecular formula is C35H46BrN13O4. The molecule has 2 N–H and O–H groups in total. The molecule has 18 heteroatoms. The van der Waals surface area contributed by atoms with Crippen LogP contribution in [0, 0.1) is 6.57 Å². The molecule has 53 heavy (non-hydrogen) atoms. The molecule has 0 aliphatic carbocycles. The van der Waals surface area contributed by atoms with Gasteiger partial charge < -0.3 is 19.3 Å². The Morgan fingerprint density at radius 3 is 1.55 bits per heavy atom. The van der Waals surface area contributed by atoms with E-state index in [4.69, 9.17) is 16.0 Å². The summed E-state index contributed by atoms with van der Waals surface area (Å²) in [6.07, 6.45) is -0.510. The van der Waals surface area contributed by atoms with E-state index < -0.39 is 11.2 Å². The molecule has 2 aromatic heterocycles. The number of nitrogens with zero attached hydrogens (tertiary/aromatic N) is 11. The molecular weight excluding hydrogens is 746 g/mol. The summed E-state index contributed by atoms with van der Waals surface area (Å²) in [5.74, 6) is 1.05. The highest BCUT2D eigenvalue weighted by molar-refractivity contribution is 9.10. The Kier molecular flexibility index (Phi) is 12.7. The van der Waals surface area contributed by atoms with Crippen molar-refractivity contribution in [1.29, 1.82) is 0 Å². The summed E-state index contributed by atoms with van der Waals surface area (Å²) in [5.41, 5.74) is 3.47. The van der Waals surface area contributed by atoms with Gasteiger partial charge in [0.25, 0.3) is 0 Å². The zero-order chi connectivity index (χ0) is 38.2. The highest BCUT2D eigenvalue weighted by Crippen LogP contribution is 2.28. The first-order valence-electron chi connectivity index (χ1n) is 17.3. The lowest BCUT2D eigenvalue weighted by molar-refractivity contribution is 0.0129. The maximum atomic E-state index is 12.2. The van der Waals surface area contributed by atoms with E-state index in [1.54, 1.807) is 21.9 Å². The van der Waals surface area contributed by atoms with E-state index in [1.807, 2.05) is 59.7 Å². The number of H-pyrrole nitrogens is 2. The first kappa shape index (κ1) is 39.2. The maximum absolute atomic E-state index is 12.2. The average Bonchev–Trinajstić information content (AvgIpc) is 3.85. The Morgan fingerprint density at radius 1 is 0.717 bits per heavy atom. The van der Waals surface area contributed by atoms with Gasteiger partial charge in [0.2, 0.25) is 11.6 Å². The van der Waals surface area contributed by atoms with Crippen LogP contribution < -0.4 is 0 Å². The molecule has 4 aromatic rings. The number of carbonyl (C=O) groups excluding carboxylic acids is 2. The fraction of sp³-hybridized carbons (Fsp3) is 0.514. The predicted molar refractivity (Wildman–Crippen MR) is 199 cm³/mol. The van der Waals surface area contributed by atoms with Gasteiger partial charge >= 0.3 is 12.2 Å². The van der Waals surface area contributed by atoms with Crippen molar-refractivity contribution in [2.24, 2.45) is 0 Å². The number of nitrogens with one attached hydrogen (secondary N) is 2. The van der Waals surface area contributed by atoms with Crippen molar-refractivity contribution < 1.29 is 19.1 Å². The minimum absolute atomic E-state index is 0.242. The molecule has 2 fully saturated rings. The van der Waals surface area contributed by atoms with E-state index in [2.05, 4.69) is 77.9 Å². The number of tetrazole rings is 2. The molecule has 0 saturated carbocycles. The van der Waals surface area contributed by atoms with Crippen LogP contribution in [0.25, 0.3) is 27.6 Å². The second-order valence-corrected chi connectivity index (χ2v) is 15.6. The van der Waals surface area contributed by atoms with Crippen molar-refractivity contribution in [3.8, 4) is 22.8 Å². The third-order valence-electron chi connectivity index (χ3n) is 8.30. The molecule has 0 unspecified atom stereocenters. The Morgan fingerprint density at radius 2 is 1.15 bits per heavy atom. The summed E-state index contributed by atoms with van der Waals surface area (Å²) in [5, 5.41) is 28.5. The molecule has 282 valence electrons. The molecule has 0 bridgehead atoms. The van der Waals surface area contributed by atoms with Gasteiger partial charge in [0.1, 0.15) is 11.2 Å². The highest BCUT2D eigenvalue weighted by Gasteiger charge is 2.28. The number of aromatic nitrogens is 8. The number of rotatable bonds is 6. The molecule has 2 aromatic carbocycles. The number of piperazine rings is 2. The fourth-order valence-electron chi connectivity index (χ4n) is 5.74. The SMILES string of the molecule is CC(C)(C)OC(=O)N1CCN(Cc2ccc(Br)cc2-c2nn[nH]n2)CC1.[C-]#[N+]c1ccc(CN2CCN(C(=O)OC(C)(C)C)CC2)c(-c2nn[nH]n2)c1. The van der Waals surface area contributed by atoms with Gasteiger partial charge in [0.15, 0.2) is 5.69 Å².